The van der Waals surface area contributed by atoms with Crippen LogP contribution < -0.4 is 5.32 Å². The lowest BCUT2D eigenvalue weighted by molar-refractivity contribution is -0.130. The number of benzene rings is 1. The molecule has 3 rings (SSSR count). The van der Waals surface area contributed by atoms with Crippen LogP contribution in [0.2, 0.25) is 0 Å². The molecule has 1 N–H and O–H groups in total. The Bertz CT molecular complexity index is 798. The first kappa shape index (κ1) is 20.8. The monoisotopic (exact) mass is 462 g/mol. The smallest absolute Gasteiger partial charge is 0.234 e. The number of anilines is 1. The molecular formula is C20H23BrN4O2S. The van der Waals surface area contributed by atoms with Crippen LogP contribution >= 0.6 is 27.7 Å². The number of carbonyl (C=O) groups excluding carboxylic acids is 2. The third kappa shape index (κ3) is 6.61. The fourth-order valence-electron chi connectivity index (χ4n) is 2.99. The highest BCUT2D eigenvalue weighted by Gasteiger charge is 2.21. The number of nitrogens with zero attached hydrogens (tertiary/aromatic N) is 3. The van der Waals surface area contributed by atoms with E-state index in [-0.39, 0.29) is 17.6 Å². The molecule has 6 nitrogen and oxygen atoms in total. The van der Waals surface area contributed by atoms with E-state index in [1.54, 1.807) is 12.4 Å². The Labute approximate surface area is 177 Å². The molecule has 1 aromatic heterocycles. The molecule has 0 radical (unpaired) electrons. The molecule has 1 aliphatic rings. The van der Waals surface area contributed by atoms with Gasteiger partial charge in [-0.05, 0) is 35.9 Å². The van der Waals surface area contributed by atoms with E-state index in [4.69, 9.17) is 0 Å². The zero-order valence-electron chi connectivity index (χ0n) is 15.5. The Morgan fingerprint density at radius 3 is 2.54 bits per heavy atom. The molecule has 2 aromatic rings. The fraction of sp³-hybridized carbons (Fsp3) is 0.350. The predicted molar refractivity (Wildman–Crippen MR) is 116 cm³/mol. The maximum absolute atomic E-state index is 12.4. The number of thioether (sulfide) groups is 1. The zero-order valence-corrected chi connectivity index (χ0v) is 17.9. The van der Waals surface area contributed by atoms with E-state index in [1.165, 1.54) is 17.3 Å². The van der Waals surface area contributed by atoms with Crippen molar-refractivity contribution < 1.29 is 9.59 Å². The van der Waals surface area contributed by atoms with Crippen LogP contribution in [0.1, 0.15) is 5.56 Å². The Hall–Kier alpha value is -1.90. The molecule has 0 aliphatic carbocycles. The molecule has 0 atom stereocenters. The molecule has 1 saturated heterocycles. The van der Waals surface area contributed by atoms with Gasteiger partial charge in [0.25, 0.3) is 0 Å². The van der Waals surface area contributed by atoms with E-state index in [9.17, 15) is 9.59 Å². The van der Waals surface area contributed by atoms with Gasteiger partial charge in [0.05, 0.1) is 11.5 Å². The number of hydrogen-bond donors (Lipinski definition) is 1. The standard InChI is InChI=1S/C20H23BrN4O2S/c21-17-2-1-3-18(12-17)23-19(26)14-28-15-20(27)25-10-8-24(9-11-25)13-16-4-6-22-7-5-16/h1-7,12H,8-11,13-15H2,(H,23,26). The lowest BCUT2D eigenvalue weighted by Gasteiger charge is -2.34. The highest BCUT2D eigenvalue weighted by atomic mass is 79.9. The summed E-state index contributed by atoms with van der Waals surface area (Å²) >= 11 is 4.73. The van der Waals surface area contributed by atoms with Gasteiger partial charge in [-0.2, -0.15) is 0 Å². The van der Waals surface area contributed by atoms with Crippen molar-refractivity contribution in [1.29, 1.82) is 0 Å². The molecule has 1 aromatic carbocycles. The first-order valence-corrected chi connectivity index (χ1v) is 11.1. The Balaban J connectivity index is 1.34. The number of carbonyl (C=O) groups is 2. The predicted octanol–water partition coefficient (Wildman–Crippen LogP) is 2.86. The van der Waals surface area contributed by atoms with Gasteiger partial charge >= 0.3 is 0 Å². The number of nitrogens with one attached hydrogen (secondary N) is 1. The average molecular weight is 463 g/mol. The number of amides is 2. The van der Waals surface area contributed by atoms with Gasteiger partial charge in [0.15, 0.2) is 0 Å². The van der Waals surface area contributed by atoms with Crippen molar-refractivity contribution in [3.63, 3.8) is 0 Å². The van der Waals surface area contributed by atoms with Crippen LogP contribution in [-0.4, -0.2) is 64.3 Å². The molecule has 0 bridgehead atoms. The van der Waals surface area contributed by atoms with E-state index in [1.807, 2.05) is 41.3 Å². The van der Waals surface area contributed by atoms with Crippen molar-refractivity contribution in [3.8, 4) is 0 Å². The molecule has 0 saturated carbocycles. The van der Waals surface area contributed by atoms with Crippen LogP contribution in [0.15, 0.2) is 53.3 Å². The third-order valence-corrected chi connectivity index (χ3v) is 5.86. The zero-order chi connectivity index (χ0) is 19.8. The average Bonchev–Trinajstić information content (AvgIpc) is 2.69. The van der Waals surface area contributed by atoms with Crippen molar-refractivity contribution in [2.24, 2.45) is 0 Å². The van der Waals surface area contributed by atoms with Crippen LogP contribution in [0.5, 0.6) is 0 Å². The summed E-state index contributed by atoms with van der Waals surface area (Å²) < 4.78 is 0.913. The first-order chi connectivity index (χ1) is 13.6. The Morgan fingerprint density at radius 2 is 1.82 bits per heavy atom. The molecule has 2 amide bonds. The normalized spacial score (nSPS) is 14.7. The summed E-state index contributed by atoms with van der Waals surface area (Å²) in [7, 11) is 0. The van der Waals surface area contributed by atoms with Gasteiger partial charge in [0.2, 0.25) is 11.8 Å². The summed E-state index contributed by atoms with van der Waals surface area (Å²) in [5.74, 6) is 0.596. The number of aromatic nitrogens is 1. The van der Waals surface area contributed by atoms with Gasteiger partial charge in [-0.3, -0.25) is 19.5 Å². The van der Waals surface area contributed by atoms with Crippen LogP contribution in [0.25, 0.3) is 0 Å². The van der Waals surface area contributed by atoms with Crippen molar-refractivity contribution in [1.82, 2.24) is 14.8 Å². The maximum Gasteiger partial charge on any atom is 0.234 e. The number of rotatable bonds is 7. The molecule has 2 heterocycles. The van der Waals surface area contributed by atoms with Crippen molar-refractivity contribution >= 4 is 45.2 Å². The largest absolute Gasteiger partial charge is 0.339 e. The number of hydrogen-bond acceptors (Lipinski definition) is 5. The summed E-state index contributed by atoms with van der Waals surface area (Å²) in [6, 6.07) is 11.5. The van der Waals surface area contributed by atoms with Crippen molar-refractivity contribution in [2.45, 2.75) is 6.54 Å². The number of piperazine rings is 1. The highest BCUT2D eigenvalue weighted by Crippen LogP contribution is 2.16. The molecule has 0 unspecified atom stereocenters. The summed E-state index contributed by atoms with van der Waals surface area (Å²) in [5, 5.41) is 2.84. The van der Waals surface area contributed by atoms with E-state index in [0.29, 0.717) is 5.75 Å². The summed E-state index contributed by atoms with van der Waals surface area (Å²) in [5.41, 5.74) is 1.98. The van der Waals surface area contributed by atoms with Gasteiger partial charge < -0.3 is 10.2 Å². The van der Waals surface area contributed by atoms with Crippen LogP contribution in [-0.2, 0) is 16.1 Å². The van der Waals surface area contributed by atoms with Crippen molar-refractivity contribution in [2.75, 3.05) is 43.0 Å². The molecule has 28 heavy (non-hydrogen) atoms. The third-order valence-electron chi connectivity index (χ3n) is 4.45. The topological polar surface area (TPSA) is 65.5 Å². The highest BCUT2D eigenvalue weighted by molar-refractivity contribution is 9.10. The molecule has 8 heteroatoms. The second kappa shape index (κ2) is 10.6. The second-order valence-corrected chi connectivity index (χ2v) is 8.46. The van der Waals surface area contributed by atoms with Gasteiger partial charge in [-0.1, -0.05) is 22.0 Å². The summed E-state index contributed by atoms with van der Waals surface area (Å²) in [4.78, 5) is 32.7. The number of pyridine rings is 1. The molecule has 1 fully saturated rings. The quantitative estimate of drug-likeness (QED) is 0.684. The van der Waals surface area contributed by atoms with E-state index in [2.05, 4.69) is 31.1 Å². The summed E-state index contributed by atoms with van der Waals surface area (Å²) in [6.07, 6.45) is 3.61. The van der Waals surface area contributed by atoms with Gasteiger partial charge in [-0.15, -0.1) is 11.8 Å². The van der Waals surface area contributed by atoms with E-state index in [0.717, 1.165) is 42.9 Å². The van der Waals surface area contributed by atoms with Crippen LogP contribution in [0, 0.1) is 0 Å². The Kier molecular flexibility index (Phi) is 7.88. The van der Waals surface area contributed by atoms with Crippen LogP contribution in [0.3, 0.4) is 0 Å². The molecule has 148 valence electrons. The van der Waals surface area contributed by atoms with Gasteiger partial charge in [-0.25, -0.2) is 0 Å². The van der Waals surface area contributed by atoms with E-state index < -0.39 is 0 Å². The minimum Gasteiger partial charge on any atom is -0.339 e. The SMILES string of the molecule is O=C(CSCC(=O)N1CCN(Cc2ccncc2)CC1)Nc1cccc(Br)c1. The minimum atomic E-state index is -0.0990. The number of halogens is 1. The molecular weight excluding hydrogens is 440 g/mol. The maximum atomic E-state index is 12.4. The summed E-state index contributed by atoms with van der Waals surface area (Å²) in [6.45, 7) is 4.07. The van der Waals surface area contributed by atoms with E-state index >= 15 is 0 Å². The van der Waals surface area contributed by atoms with Gasteiger partial charge in [0.1, 0.15) is 0 Å². The molecule has 0 spiro atoms. The Morgan fingerprint density at radius 1 is 1.07 bits per heavy atom. The minimum absolute atomic E-state index is 0.0990. The lowest BCUT2D eigenvalue weighted by Crippen LogP contribution is -2.48. The van der Waals surface area contributed by atoms with Crippen molar-refractivity contribution in [3.05, 3.63) is 58.8 Å². The lowest BCUT2D eigenvalue weighted by atomic mass is 10.2. The second-order valence-electron chi connectivity index (χ2n) is 6.56. The molecule has 1 aliphatic heterocycles. The van der Waals surface area contributed by atoms with Crippen LogP contribution in [0.4, 0.5) is 5.69 Å². The first-order valence-electron chi connectivity index (χ1n) is 9.12. The van der Waals surface area contributed by atoms with Gasteiger partial charge in [0, 0.05) is 55.3 Å². The fourth-order valence-corrected chi connectivity index (χ4v) is 4.10.